The summed E-state index contributed by atoms with van der Waals surface area (Å²) in [6.45, 7) is 0. The second-order valence-corrected chi connectivity index (χ2v) is 7.19. The number of carbonyl (C=O) groups excluding carboxylic acids is 1. The fraction of sp³-hybridized carbons (Fsp3) is 0.125. The molecule has 0 saturated heterocycles. The molecule has 0 aromatic heterocycles. The number of halogens is 1. The number of aromatic hydroxyl groups is 1. The lowest BCUT2D eigenvalue weighted by Crippen LogP contribution is -2.11. The van der Waals surface area contributed by atoms with Crippen LogP contribution in [0.5, 0.6) is 5.75 Å². The molecule has 0 aliphatic heterocycles. The van der Waals surface area contributed by atoms with E-state index in [2.05, 4.69) is 4.40 Å². The monoisotopic (exact) mass is 366 g/mol. The molecule has 0 bridgehead atoms. The van der Waals surface area contributed by atoms with E-state index in [-0.39, 0.29) is 27.0 Å². The van der Waals surface area contributed by atoms with Gasteiger partial charge in [-0.25, -0.2) is 0 Å². The van der Waals surface area contributed by atoms with Crippen LogP contribution in [-0.2, 0) is 10.0 Å². The van der Waals surface area contributed by atoms with E-state index >= 15 is 0 Å². The standard InChI is InChI=1S/C16H15ClN2O4S/c1-19(2)10-18-24(22,23)15-9-12(5-8-14(15)17)16(21)11-3-6-13(20)7-4-11/h3-10,20H,1-2H3/b18-10+. The number of phenolic OH excluding ortho intramolecular Hbond substituents is 1. The van der Waals surface area contributed by atoms with Crippen LogP contribution in [0.25, 0.3) is 0 Å². The molecule has 0 saturated carbocycles. The van der Waals surface area contributed by atoms with Crippen LogP contribution in [0.3, 0.4) is 0 Å². The van der Waals surface area contributed by atoms with Gasteiger partial charge in [-0.1, -0.05) is 11.6 Å². The fourth-order valence-electron chi connectivity index (χ4n) is 1.83. The van der Waals surface area contributed by atoms with E-state index in [1.807, 2.05) is 0 Å². The SMILES string of the molecule is CN(C)/C=N/S(=O)(=O)c1cc(C(=O)c2ccc(O)cc2)ccc1Cl. The van der Waals surface area contributed by atoms with Gasteiger partial charge in [0, 0.05) is 25.2 Å². The number of hydrogen-bond acceptors (Lipinski definition) is 4. The van der Waals surface area contributed by atoms with Crippen LogP contribution >= 0.6 is 11.6 Å². The Morgan fingerprint density at radius 2 is 1.71 bits per heavy atom. The van der Waals surface area contributed by atoms with Gasteiger partial charge >= 0.3 is 0 Å². The molecule has 0 unspecified atom stereocenters. The molecule has 1 N–H and O–H groups in total. The van der Waals surface area contributed by atoms with Crippen molar-refractivity contribution >= 4 is 33.7 Å². The molecule has 0 amide bonds. The molecule has 2 rings (SSSR count). The number of carbonyl (C=O) groups is 1. The lowest BCUT2D eigenvalue weighted by atomic mass is 10.0. The number of benzene rings is 2. The van der Waals surface area contributed by atoms with Crippen molar-refractivity contribution in [2.75, 3.05) is 14.1 Å². The quantitative estimate of drug-likeness (QED) is 0.499. The predicted molar refractivity (Wildman–Crippen MR) is 92.4 cm³/mol. The van der Waals surface area contributed by atoms with Gasteiger partial charge in [0.05, 0.1) is 5.02 Å². The second kappa shape index (κ2) is 7.02. The minimum absolute atomic E-state index is 0.0202. The summed E-state index contributed by atoms with van der Waals surface area (Å²) in [5, 5.41) is 9.25. The Morgan fingerprint density at radius 3 is 2.29 bits per heavy atom. The molecule has 0 aliphatic carbocycles. The third kappa shape index (κ3) is 4.12. The van der Waals surface area contributed by atoms with Crippen LogP contribution in [0.2, 0.25) is 5.02 Å². The van der Waals surface area contributed by atoms with E-state index in [4.69, 9.17) is 11.6 Å². The molecule has 8 heteroatoms. The predicted octanol–water partition coefficient (Wildman–Crippen LogP) is 2.56. The van der Waals surface area contributed by atoms with Gasteiger partial charge in [0.2, 0.25) is 0 Å². The molecule has 0 radical (unpaired) electrons. The average molecular weight is 367 g/mol. The lowest BCUT2D eigenvalue weighted by molar-refractivity contribution is 0.103. The van der Waals surface area contributed by atoms with Gasteiger partial charge < -0.3 is 10.0 Å². The summed E-state index contributed by atoms with van der Waals surface area (Å²) in [5.74, 6) is -0.358. The maximum absolute atomic E-state index is 12.4. The summed E-state index contributed by atoms with van der Waals surface area (Å²) < 4.78 is 28.0. The van der Waals surface area contributed by atoms with Gasteiger partial charge in [-0.15, -0.1) is 4.40 Å². The Bertz CT molecular complexity index is 891. The first-order valence-corrected chi connectivity index (χ1v) is 8.62. The smallest absolute Gasteiger partial charge is 0.285 e. The van der Waals surface area contributed by atoms with Crippen molar-refractivity contribution in [2.45, 2.75) is 4.90 Å². The number of nitrogens with zero attached hydrogens (tertiary/aromatic N) is 2. The van der Waals surface area contributed by atoms with Crippen molar-refractivity contribution in [1.29, 1.82) is 0 Å². The maximum Gasteiger partial charge on any atom is 0.285 e. The zero-order valence-electron chi connectivity index (χ0n) is 13.0. The summed E-state index contributed by atoms with van der Waals surface area (Å²) >= 11 is 5.96. The number of ketones is 1. The van der Waals surface area contributed by atoms with Gasteiger partial charge in [-0.05, 0) is 42.5 Å². The molecule has 2 aromatic carbocycles. The summed E-state index contributed by atoms with van der Waals surface area (Å²) in [7, 11) is -0.767. The molecule has 0 atom stereocenters. The van der Waals surface area contributed by atoms with Crippen LogP contribution < -0.4 is 0 Å². The first kappa shape index (κ1) is 18.0. The van der Waals surface area contributed by atoms with Gasteiger partial charge in [0.15, 0.2) is 5.78 Å². The van der Waals surface area contributed by atoms with E-state index in [0.29, 0.717) is 5.56 Å². The van der Waals surface area contributed by atoms with Crippen molar-refractivity contribution < 1.29 is 18.3 Å². The summed E-state index contributed by atoms with van der Waals surface area (Å²) in [6.07, 6.45) is 1.14. The highest BCUT2D eigenvalue weighted by Gasteiger charge is 2.20. The third-order valence-electron chi connectivity index (χ3n) is 3.02. The number of hydrogen-bond donors (Lipinski definition) is 1. The van der Waals surface area contributed by atoms with Crippen LogP contribution in [0, 0.1) is 0 Å². The minimum atomic E-state index is -4.03. The normalized spacial score (nSPS) is 11.6. The maximum atomic E-state index is 12.4. The Labute approximate surface area is 145 Å². The van der Waals surface area contributed by atoms with Crippen LogP contribution in [0.1, 0.15) is 15.9 Å². The van der Waals surface area contributed by atoms with E-state index in [9.17, 15) is 18.3 Å². The molecule has 0 fully saturated rings. The first-order valence-electron chi connectivity index (χ1n) is 6.81. The molecule has 24 heavy (non-hydrogen) atoms. The zero-order chi connectivity index (χ0) is 17.9. The summed E-state index contributed by atoms with van der Waals surface area (Å²) in [6, 6.07) is 9.62. The van der Waals surface area contributed by atoms with Gasteiger partial charge in [0.25, 0.3) is 10.0 Å². The molecular formula is C16H15ClN2O4S. The zero-order valence-corrected chi connectivity index (χ0v) is 14.5. The molecule has 0 spiro atoms. The summed E-state index contributed by atoms with van der Waals surface area (Å²) in [4.78, 5) is 13.7. The van der Waals surface area contributed by atoms with Crippen LogP contribution in [-0.4, -0.2) is 44.6 Å². The van der Waals surface area contributed by atoms with Gasteiger partial charge in [-0.3, -0.25) is 4.79 Å². The number of phenols is 1. The number of rotatable bonds is 5. The Hall–Kier alpha value is -2.38. The van der Waals surface area contributed by atoms with Crippen LogP contribution in [0.4, 0.5) is 0 Å². The van der Waals surface area contributed by atoms with Gasteiger partial charge in [0.1, 0.15) is 17.0 Å². The van der Waals surface area contributed by atoms with E-state index in [0.717, 1.165) is 6.34 Å². The first-order chi connectivity index (χ1) is 11.2. The minimum Gasteiger partial charge on any atom is -0.508 e. The molecule has 126 valence electrons. The second-order valence-electron chi connectivity index (χ2n) is 5.18. The van der Waals surface area contributed by atoms with Crippen molar-refractivity contribution in [2.24, 2.45) is 4.40 Å². The highest BCUT2D eigenvalue weighted by Crippen LogP contribution is 2.25. The van der Waals surface area contributed by atoms with Crippen molar-refractivity contribution in [1.82, 2.24) is 4.90 Å². The van der Waals surface area contributed by atoms with Crippen molar-refractivity contribution in [3.63, 3.8) is 0 Å². The van der Waals surface area contributed by atoms with Crippen molar-refractivity contribution in [3.05, 3.63) is 58.6 Å². The third-order valence-corrected chi connectivity index (χ3v) is 4.72. The fourth-order valence-corrected chi connectivity index (χ4v) is 3.26. The number of sulfonamides is 1. The summed E-state index contributed by atoms with van der Waals surface area (Å²) in [5.41, 5.74) is 0.471. The highest BCUT2D eigenvalue weighted by atomic mass is 35.5. The molecular weight excluding hydrogens is 352 g/mol. The molecule has 0 aliphatic rings. The van der Waals surface area contributed by atoms with E-state index < -0.39 is 10.0 Å². The Morgan fingerprint density at radius 1 is 1.12 bits per heavy atom. The Balaban J connectivity index is 2.45. The highest BCUT2D eigenvalue weighted by molar-refractivity contribution is 7.90. The lowest BCUT2D eigenvalue weighted by Gasteiger charge is -2.07. The topological polar surface area (TPSA) is 87.0 Å². The molecule has 6 nitrogen and oxygen atoms in total. The molecule has 2 aromatic rings. The van der Waals surface area contributed by atoms with Crippen LogP contribution in [0.15, 0.2) is 51.8 Å². The van der Waals surface area contributed by atoms with E-state index in [1.54, 1.807) is 14.1 Å². The van der Waals surface area contributed by atoms with E-state index in [1.165, 1.54) is 47.4 Å². The largest absolute Gasteiger partial charge is 0.508 e. The van der Waals surface area contributed by atoms with Crippen molar-refractivity contribution in [3.8, 4) is 5.75 Å². The Kier molecular flexibility index (Phi) is 5.26. The average Bonchev–Trinajstić information content (AvgIpc) is 2.53. The van der Waals surface area contributed by atoms with Gasteiger partial charge in [-0.2, -0.15) is 8.42 Å². The molecule has 0 heterocycles.